The molecular formula is C14H30N2O2. The number of aliphatic hydroxyl groups is 1. The van der Waals surface area contributed by atoms with E-state index in [1.54, 1.807) is 4.90 Å². The van der Waals surface area contributed by atoms with Gasteiger partial charge in [-0.15, -0.1) is 0 Å². The van der Waals surface area contributed by atoms with Crippen LogP contribution in [0.2, 0.25) is 0 Å². The van der Waals surface area contributed by atoms with E-state index in [1.807, 2.05) is 13.8 Å². The van der Waals surface area contributed by atoms with Crippen molar-refractivity contribution in [2.24, 2.45) is 5.73 Å². The quantitative estimate of drug-likeness (QED) is 0.588. The third kappa shape index (κ3) is 9.42. The molecule has 0 heterocycles. The Morgan fingerprint density at radius 1 is 1.22 bits per heavy atom. The fourth-order valence-corrected chi connectivity index (χ4v) is 1.80. The summed E-state index contributed by atoms with van der Waals surface area (Å²) in [4.78, 5) is 13.8. The maximum Gasteiger partial charge on any atom is 0.222 e. The predicted octanol–water partition coefficient (Wildman–Crippen LogP) is 1.91. The summed E-state index contributed by atoms with van der Waals surface area (Å²) in [7, 11) is 0. The van der Waals surface area contributed by atoms with Gasteiger partial charge in [-0.2, -0.15) is 0 Å². The van der Waals surface area contributed by atoms with Crippen LogP contribution in [0.15, 0.2) is 0 Å². The number of hydrogen-bond donors (Lipinski definition) is 2. The van der Waals surface area contributed by atoms with E-state index in [1.165, 1.54) is 12.8 Å². The Morgan fingerprint density at radius 2 is 1.89 bits per heavy atom. The molecule has 0 spiro atoms. The lowest BCUT2D eigenvalue weighted by Crippen LogP contribution is -2.38. The van der Waals surface area contributed by atoms with Crippen LogP contribution in [-0.4, -0.2) is 41.1 Å². The molecule has 0 fully saturated rings. The molecule has 0 rings (SSSR count). The van der Waals surface area contributed by atoms with Gasteiger partial charge in [0.2, 0.25) is 5.91 Å². The second-order valence-corrected chi connectivity index (χ2v) is 5.65. The molecule has 108 valence electrons. The first-order valence-corrected chi connectivity index (χ1v) is 7.08. The number of carbonyl (C=O) groups excluding carboxylic acids is 1. The van der Waals surface area contributed by atoms with Gasteiger partial charge in [-0.25, -0.2) is 0 Å². The molecule has 3 N–H and O–H groups in total. The highest BCUT2D eigenvalue weighted by Gasteiger charge is 2.17. The van der Waals surface area contributed by atoms with E-state index in [2.05, 4.69) is 6.92 Å². The van der Waals surface area contributed by atoms with Crippen molar-refractivity contribution in [2.45, 2.75) is 64.8 Å². The molecule has 0 aromatic heterocycles. The SMILES string of the molecule is CCCCCCN(CCO)C(=O)CCC(C)(C)N. The normalized spacial score (nSPS) is 11.6. The summed E-state index contributed by atoms with van der Waals surface area (Å²) in [6.45, 7) is 7.25. The van der Waals surface area contributed by atoms with E-state index in [-0.39, 0.29) is 18.1 Å². The number of carbonyl (C=O) groups is 1. The number of nitrogens with zero attached hydrogens (tertiary/aromatic N) is 1. The molecule has 0 saturated heterocycles. The molecule has 4 nitrogen and oxygen atoms in total. The molecule has 0 bridgehead atoms. The summed E-state index contributed by atoms with van der Waals surface area (Å²) in [5, 5.41) is 9.00. The summed E-state index contributed by atoms with van der Waals surface area (Å²) in [5.74, 6) is 0.110. The number of unbranched alkanes of at least 4 members (excludes halogenated alkanes) is 3. The van der Waals surface area contributed by atoms with Gasteiger partial charge in [0.1, 0.15) is 0 Å². The van der Waals surface area contributed by atoms with Gasteiger partial charge in [0.15, 0.2) is 0 Å². The van der Waals surface area contributed by atoms with Crippen molar-refractivity contribution in [1.82, 2.24) is 4.90 Å². The Kier molecular flexibility index (Phi) is 9.02. The Hall–Kier alpha value is -0.610. The zero-order chi connectivity index (χ0) is 14.0. The Balaban J connectivity index is 4.02. The smallest absolute Gasteiger partial charge is 0.222 e. The third-order valence-electron chi connectivity index (χ3n) is 2.99. The molecule has 4 heteroatoms. The molecule has 0 atom stereocenters. The van der Waals surface area contributed by atoms with Crippen LogP contribution in [0.5, 0.6) is 0 Å². The summed E-state index contributed by atoms with van der Waals surface area (Å²) >= 11 is 0. The zero-order valence-corrected chi connectivity index (χ0v) is 12.2. The van der Waals surface area contributed by atoms with Crippen LogP contribution in [0, 0.1) is 0 Å². The van der Waals surface area contributed by atoms with Gasteiger partial charge in [-0.05, 0) is 26.7 Å². The van der Waals surface area contributed by atoms with E-state index < -0.39 is 0 Å². The molecule has 0 aliphatic heterocycles. The Labute approximate surface area is 112 Å². The van der Waals surface area contributed by atoms with Gasteiger partial charge in [-0.3, -0.25) is 4.79 Å². The van der Waals surface area contributed by atoms with E-state index >= 15 is 0 Å². The van der Waals surface area contributed by atoms with Crippen LogP contribution in [0.25, 0.3) is 0 Å². The van der Waals surface area contributed by atoms with Crippen molar-refractivity contribution < 1.29 is 9.90 Å². The fourth-order valence-electron chi connectivity index (χ4n) is 1.80. The molecule has 0 aromatic rings. The molecule has 0 unspecified atom stereocenters. The number of hydrogen-bond acceptors (Lipinski definition) is 3. The van der Waals surface area contributed by atoms with E-state index in [9.17, 15) is 4.79 Å². The highest BCUT2D eigenvalue weighted by Crippen LogP contribution is 2.10. The van der Waals surface area contributed by atoms with Crippen LogP contribution in [0.4, 0.5) is 0 Å². The maximum absolute atomic E-state index is 12.0. The number of aliphatic hydroxyl groups excluding tert-OH is 1. The van der Waals surface area contributed by atoms with Gasteiger partial charge >= 0.3 is 0 Å². The van der Waals surface area contributed by atoms with Crippen molar-refractivity contribution in [1.29, 1.82) is 0 Å². The molecule has 1 amide bonds. The van der Waals surface area contributed by atoms with E-state index in [0.29, 0.717) is 19.4 Å². The minimum absolute atomic E-state index is 0.0333. The summed E-state index contributed by atoms with van der Waals surface area (Å²) in [6, 6.07) is 0. The average Bonchev–Trinajstić information content (AvgIpc) is 2.29. The summed E-state index contributed by atoms with van der Waals surface area (Å²) in [5.41, 5.74) is 5.57. The van der Waals surface area contributed by atoms with Crippen molar-refractivity contribution in [3.63, 3.8) is 0 Å². The number of nitrogens with two attached hydrogens (primary N) is 1. The first-order chi connectivity index (χ1) is 8.40. The van der Waals surface area contributed by atoms with Crippen molar-refractivity contribution in [2.75, 3.05) is 19.7 Å². The summed E-state index contributed by atoms with van der Waals surface area (Å²) in [6.07, 6.45) is 5.71. The van der Waals surface area contributed by atoms with Crippen LogP contribution in [0.3, 0.4) is 0 Å². The van der Waals surface area contributed by atoms with Crippen molar-refractivity contribution in [3.05, 3.63) is 0 Å². The minimum atomic E-state index is -0.303. The molecule has 0 radical (unpaired) electrons. The van der Waals surface area contributed by atoms with E-state index in [0.717, 1.165) is 19.4 Å². The molecule has 0 aromatic carbocycles. The standard InChI is InChI=1S/C14H30N2O2/c1-4-5-6-7-10-16(11-12-17)13(18)8-9-14(2,3)15/h17H,4-12,15H2,1-3H3. The number of rotatable bonds is 10. The van der Waals surface area contributed by atoms with Gasteiger partial charge in [0.25, 0.3) is 0 Å². The van der Waals surface area contributed by atoms with E-state index in [4.69, 9.17) is 10.8 Å². The molecule has 18 heavy (non-hydrogen) atoms. The van der Waals surface area contributed by atoms with Crippen molar-refractivity contribution in [3.8, 4) is 0 Å². The molecular weight excluding hydrogens is 228 g/mol. The fraction of sp³-hybridized carbons (Fsp3) is 0.929. The van der Waals surface area contributed by atoms with Gasteiger partial charge in [-0.1, -0.05) is 26.2 Å². The van der Waals surface area contributed by atoms with Crippen LogP contribution in [0.1, 0.15) is 59.3 Å². The summed E-state index contributed by atoms with van der Waals surface area (Å²) < 4.78 is 0. The lowest BCUT2D eigenvalue weighted by Gasteiger charge is -2.24. The topological polar surface area (TPSA) is 66.6 Å². The second-order valence-electron chi connectivity index (χ2n) is 5.65. The largest absolute Gasteiger partial charge is 0.395 e. The highest BCUT2D eigenvalue weighted by atomic mass is 16.3. The Morgan fingerprint density at radius 3 is 2.39 bits per heavy atom. The van der Waals surface area contributed by atoms with Gasteiger partial charge in [0.05, 0.1) is 6.61 Å². The first-order valence-electron chi connectivity index (χ1n) is 7.08. The van der Waals surface area contributed by atoms with Crippen LogP contribution < -0.4 is 5.73 Å². The molecule has 0 aliphatic carbocycles. The minimum Gasteiger partial charge on any atom is -0.395 e. The maximum atomic E-state index is 12.0. The predicted molar refractivity (Wildman–Crippen MR) is 75.3 cm³/mol. The van der Waals surface area contributed by atoms with Gasteiger partial charge < -0.3 is 15.7 Å². The monoisotopic (exact) mass is 258 g/mol. The van der Waals surface area contributed by atoms with Gasteiger partial charge in [0, 0.05) is 25.0 Å². The lowest BCUT2D eigenvalue weighted by molar-refractivity contribution is -0.132. The zero-order valence-electron chi connectivity index (χ0n) is 12.2. The molecule has 0 aliphatic rings. The molecule has 0 saturated carbocycles. The first kappa shape index (κ1) is 17.4. The van der Waals surface area contributed by atoms with Crippen molar-refractivity contribution >= 4 is 5.91 Å². The van der Waals surface area contributed by atoms with Crippen LogP contribution in [-0.2, 0) is 4.79 Å². The highest BCUT2D eigenvalue weighted by molar-refractivity contribution is 5.76. The average molecular weight is 258 g/mol. The van der Waals surface area contributed by atoms with Crippen LogP contribution >= 0.6 is 0 Å². The Bertz CT molecular complexity index is 224. The third-order valence-corrected chi connectivity index (χ3v) is 2.99. The number of amides is 1. The lowest BCUT2D eigenvalue weighted by atomic mass is 9.99. The second kappa shape index (κ2) is 9.34.